The van der Waals surface area contributed by atoms with Crippen LogP contribution in [0.4, 0.5) is 0 Å². The third kappa shape index (κ3) is 3.65. The summed E-state index contributed by atoms with van der Waals surface area (Å²) in [5.74, 6) is 0.946. The molecule has 0 aliphatic heterocycles. The van der Waals surface area contributed by atoms with Gasteiger partial charge >= 0.3 is 0 Å². The van der Waals surface area contributed by atoms with E-state index in [4.69, 9.17) is 4.42 Å². The molecule has 102 valence electrons. The molecule has 0 bridgehead atoms. The zero-order chi connectivity index (χ0) is 13.7. The van der Waals surface area contributed by atoms with Crippen LogP contribution in [-0.4, -0.2) is 12.8 Å². The van der Waals surface area contributed by atoms with Crippen molar-refractivity contribution < 1.29 is 4.42 Å². The van der Waals surface area contributed by atoms with Crippen LogP contribution in [0.3, 0.4) is 0 Å². The summed E-state index contributed by atoms with van der Waals surface area (Å²) in [5, 5.41) is 3.56. The van der Waals surface area contributed by atoms with Crippen LogP contribution >= 0.6 is 27.7 Å². The molecule has 0 fully saturated rings. The minimum Gasteiger partial charge on any atom is -0.452 e. The first-order chi connectivity index (χ1) is 9.26. The Morgan fingerprint density at radius 1 is 1.26 bits per heavy atom. The van der Waals surface area contributed by atoms with Gasteiger partial charge in [0.1, 0.15) is 5.76 Å². The predicted octanol–water partition coefficient (Wildman–Crippen LogP) is 4.85. The Bertz CT molecular complexity index is 526. The lowest BCUT2D eigenvalue weighted by atomic mass is 10.0. The van der Waals surface area contributed by atoms with Gasteiger partial charge in [-0.25, -0.2) is 0 Å². The monoisotopic (exact) mass is 339 g/mol. The standard InChI is InChI=1S/C15H18BrNOS/c1-3-10-17-15(12-8-9-14(16)18-12)11-6-4-5-7-13(11)19-2/h4-9,15,17H,3,10H2,1-2H3. The molecule has 0 aliphatic carbocycles. The topological polar surface area (TPSA) is 25.2 Å². The molecule has 1 unspecified atom stereocenters. The van der Waals surface area contributed by atoms with E-state index in [9.17, 15) is 0 Å². The number of thioether (sulfide) groups is 1. The average Bonchev–Trinajstić information content (AvgIpc) is 2.86. The lowest BCUT2D eigenvalue weighted by Gasteiger charge is -2.19. The average molecular weight is 340 g/mol. The van der Waals surface area contributed by atoms with Gasteiger partial charge in [-0.2, -0.15) is 0 Å². The molecular weight excluding hydrogens is 322 g/mol. The van der Waals surface area contributed by atoms with Crippen LogP contribution in [-0.2, 0) is 0 Å². The molecule has 0 radical (unpaired) electrons. The summed E-state index contributed by atoms with van der Waals surface area (Å²) in [6.45, 7) is 3.13. The summed E-state index contributed by atoms with van der Waals surface area (Å²) in [7, 11) is 0. The number of benzene rings is 1. The molecule has 1 atom stereocenters. The zero-order valence-electron chi connectivity index (χ0n) is 11.2. The number of furan rings is 1. The number of halogens is 1. The third-order valence-corrected chi connectivity index (χ3v) is 4.16. The maximum absolute atomic E-state index is 5.74. The first-order valence-corrected chi connectivity index (χ1v) is 8.39. The molecule has 1 N–H and O–H groups in total. The van der Waals surface area contributed by atoms with Gasteiger partial charge in [-0.3, -0.25) is 0 Å². The fraction of sp³-hybridized carbons (Fsp3) is 0.333. The molecule has 4 heteroatoms. The molecule has 1 aromatic heterocycles. The van der Waals surface area contributed by atoms with Gasteiger partial charge in [0.15, 0.2) is 4.67 Å². The molecule has 0 saturated carbocycles. The fourth-order valence-corrected chi connectivity index (χ4v) is 3.00. The molecule has 2 nitrogen and oxygen atoms in total. The van der Waals surface area contributed by atoms with Crippen LogP contribution in [0.1, 0.15) is 30.7 Å². The van der Waals surface area contributed by atoms with Gasteiger partial charge in [0.05, 0.1) is 6.04 Å². The Morgan fingerprint density at radius 2 is 2.05 bits per heavy atom. The lowest BCUT2D eigenvalue weighted by molar-refractivity contribution is 0.430. The van der Waals surface area contributed by atoms with Crippen LogP contribution in [0.5, 0.6) is 0 Å². The van der Waals surface area contributed by atoms with Crippen molar-refractivity contribution >= 4 is 27.7 Å². The highest BCUT2D eigenvalue weighted by Gasteiger charge is 2.19. The number of nitrogens with one attached hydrogen (secondary N) is 1. The SMILES string of the molecule is CCCNC(c1ccc(Br)o1)c1ccccc1SC. The highest BCUT2D eigenvalue weighted by Crippen LogP contribution is 2.32. The molecule has 2 aromatic rings. The number of hydrogen-bond donors (Lipinski definition) is 1. The van der Waals surface area contributed by atoms with Crippen molar-refractivity contribution in [3.05, 3.63) is 52.4 Å². The highest BCUT2D eigenvalue weighted by molar-refractivity contribution is 9.10. The third-order valence-electron chi connectivity index (χ3n) is 2.93. The van der Waals surface area contributed by atoms with Crippen molar-refractivity contribution in [3.8, 4) is 0 Å². The van der Waals surface area contributed by atoms with Gasteiger partial charge in [-0.05, 0) is 58.9 Å². The van der Waals surface area contributed by atoms with Crippen LogP contribution in [0, 0.1) is 0 Å². The van der Waals surface area contributed by atoms with E-state index >= 15 is 0 Å². The molecule has 0 spiro atoms. The van der Waals surface area contributed by atoms with E-state index in [2.05, 4.69) is 58.7 Å². The van der Waals surface area contributed by atoms with E-state index in [1.807, 2.05) is 12.1 Å². The summed E-state index contributed by atoms with van der Waals surface area (Å²) < 4.78 is 6.51. The summed E-state index contributed by atoms with van der Waals surface area (Å²) in [6.07, 6.45) is 3.20. The summed E-state index contributed by atoms with van der Waals surface area (Å²) in [5.41, 5.74) is 1.27. The highest BCUT2D eigenvalue weighted by atomic mass is 79.9. The van der Waals surface area contributed by atoms with Crippen LogP contribution in [0.25, 0.3) is 0 Å². The van der Waals surface area contributed by atoms with Crippen molar-refractivity contribution in [2.45, 2.75) is 24.3 Å². The first kappa shape index (κ1) is 14.7. The van der Waals surface area contributed by atoms with E-state index < -0.39 is 0 Å². The largest absolute Gasteiger partial charge is 0.452 e. The van der Waals surface area contributed by atoms with Gasteiger partial charge in [0.25, 0.3) is 0 Å². The van der Waals surface area contributed by atoms with Gasteiger partial charge in [0, 0.05) is 4.90 Å². The minimum absolute atomic E-state index is 0.106. The summed E-state index contributed by atoms with van der Waals surface area (Å²) in [4.78, 5) is 1.28. The van der Waals surface area contributed by atoms with Gasteiger partial charge in [0.2, 0.25) is 0 Å². The number of rotatable bonds is 6. The van der Waals surface area contributed by atoms with Crippen molar-refractivity contribution in [1.29, 1.82) is 0 Å². The molecule has 19 heavy (non-hydrogen) atoms. The molecule has 1 heterocycles. The van der Waals surface area contributed by atoms with Gasteiger partial charge in [-0.1, -0.05) is 25.1 Å². The Morgan fingerprint density at radius 3 is 2.68 bits per heavy atom. The molecular formula is C15H18BrNOS. The van der Waals surface area contributed by atoms with E-state index in [0.717, 1.165) is 23.4 Å². The van der Waals surface area contributed by atoms with Crippen molar-refractivity contribution in [1.82, 2.24) is 5.32 Å². The maximum Gasteiger partial charge on any atom is 0.169 e. The smallest absolute Gasteiger partial charge is 0.169 e. The van der Waals surface area contributed by atoms with Gasteiger partial charge < -0.3 is 9.73 Å². The predicted molar refractivity (Wildman–Crippen MR) is 84.8 cm³/mol. The van der Waals surface area contributed by atoms with E-state index in [1.165, 1.54) is 10.5 Å². The Hall–Kier alpha value is -0.710. The minimum atomic E-state index is 0.106. The second-order valence-corrected chi connectivity index (χ2v) is 5.90. The van der Waals surface area contributed by atoms with Crippen LogP contribution in [0.15, 0.2) is 50.4 Å². The van der Waals surface area contributed by atoms with Crippen LogP contribution in [0.2, 0.25) is 0 Å². The molecule has 0 amide bonds. The van der Waals surface area contributed by atoms with Crippen molar-refractivity contribution in [2.24, 2.45) is 0 Å². The van der Waals surface area contributed by atoms with E-state index in [-0.39, 0.29) is 6.04 Å². The van der Waals surface area contributed by atoms with Gasteiger partial charge in [-0.15, -0.1) is 11.8 Å². The Labute approximate surface area is 127 Å². The van der Waals surface area contributed by atoms with Crippen molar-refractivity contribution in [3.63, 3.8) is 0 Å². The quantitative estimate of drug-likeness (QED) is 0.761. The lowest BCUT2D eigenvalue weighted by Crippen LogP contribution is -2.23. The van der Waals surface area contributed by atoms with E-state index in [0.29, 0.717) is 0 Å². The molecule has 1 aromatic carbocycles. The zero-order valence-corrected chi connectivity index (χ0v) is 13.6. The fourth-order valence-electron chi connectivity index (χ4n) is 2.04. The molecule has 0 saturated heterocycles. The van der Waals surface area contributed by atoms with Crippen LogP contribution < -0.4 is 5.32 Å². The second-order valence-electron chi connectivity index (χ2n) is 4.27. The first-order valence-electron chi connectivity index (χ1n) is 6.37. The summed E-state index contributed by atoms with van der Waals surface area (Å²) in [6, 6.07) is 12.5. The second kappa shape index (κ2) is 7.17. The normalized spacial score (nSPS) is 12.6. The number of hydrogen-bond acceptors (Lipinski definition) is 3. The summed E-state index contributed by atoms with van der Waals surface area (Å²) >= 11 is 5.14. The van der Waals surface area contributed by atoms with Crippen molar-refractivity contribution in [2.75, 3.05) is 12.8 Å². The Kier molecular flexibility index (Phi) is 5.55. The molecule has 0 aliphatic rings. The molecule has 2 rings (SSSR count). The maximum atomic E-state index is 5.74. The van der Waals surface area contributed by atoms with E-state index in [1.54, 1.807) is 11.8 Å². The Balaban J connectivity index is 2.36.